The van der Waals surface area contributed by atoms with Crippen LogP contribution in [-0.4, -0.2) is 0 Å². The standard InChI is InChI=1S/C42H26S2/c1-3-7-39-35(5-1)37-21-15-29(25-41(37)43-39)11-9-27-13-19-33-31(23-27)17-18-32-24-28(14-20-34(32)33)10-12-30-16-22-38-36-6-2-4-8-40(36)44-42(38)26-30/h1-26H/b11-9+,12-10+. The zero-order chi connectivity index (χ0) is 29.0. The third-order valence-electron chi connectivity index (χ3n) is 8.63. The van der Waals surface area contributed by atoms with Gasteiger partial charge in [-0.2, -0.15) is 0 Å². The SMILES string of the molecule is C(=C\c1ccc2c(c1)sc1ccccc12)/c1ccc2c(ccc3cc(/C=C/c4ccc5c(c4)sc4ccccc45)ccc32)c1. The third kappa shape index (κ3) is 4.43. The minimum atomic E-state index is 1.21. The third-order valence-corrected chi connectivity index (χ3v) is 10.9. The van der Waals surface area contributed by atoms with E-state index in [0.717, 1.165) is 0 Å². The molecule has 0 atom stereocenters. The van der Waals surface area contributed by atoms with Gasteiger partial charge in [-0.3, -0.25) is 0 Å². The Kier molecular flexibility index (Phi) is 5.97. The maximum absolute atomic E-state index is 2.31. The fourth-order valence-corrected chi connectivity index (χ4v) is 8.70. The second-order valence-electron chi connectivity index (χ2n) is 11.4. The summed E-state index contributed by atoms with van der Waals surface area (Å²) in [6.45, 7) is 0. The Morgan fingerprint density at radius 3 is 1.11 bits per heavy atom. The van der Waals surface area contributed by atoms with Gasteiger partial charge in [0.2, 0.25) is 0 Å². The summed E-state index contributed by atoms with van der Waals surface area (Å²) in [4.78, 5) is 0. The van der Waals surface area contributed by atoms with Crippen LogP contribution in [0, 0.1) is 0 Å². The molecule has 0 spiro atoms. The predicted molar refractivity (Wildman–Crippen MR) is 198 cm³/mol. The van der Waals surface area contributed by atoms with Gasteiger partial charge in [0, 0.05) is 40.3 Å². The molecule has 0 saturated heterocycles. The number of hydrogen-bond donors (Lipinski definition) is 0. The molecule has 2 aromatic heterocycles. The van der Waals surface area contributed by atoms with Gasteiger partial charge in [0.15, 0.2) is 0 Å². The van der Waals surface area contributed by atoms with Crippen molar-refractivity contribution in [2.45, 2.75) is 0 Å². The lowest BCUT2D eigenvalue weighted by molar-refractivity contribution is 1.70. The van der Waals surface area contributed by atoms with E-state index in [1.54, 1.807) is 0 Å². The molecule has 0 aliphatic carbocycles. The maximum Gasteiger partial charge on any atom is 0.0361 e. The summed E-state index contributed by atoms with van der Waals surface area (Å²) in [5.74, 6) is 0. The summed E-state index contributed by atoms with van der Waals surface area (Å²) < 4.78 is 5.37. The predicted octanol–water partition coefficient (Wildman–Crippen LogP) is 13.1. The maximum atomic E-state index is 2.31. The van der Waals surface area contributed by atoms with E-state index in [0.29, 0.717) is 0 Å². The first-order valence-corrected chi connectivity index (χ1v) is 16.5. The molecule has 0 aliphatic heterocycles. The van der Waals surface area contributed by atoms with Gasteiger partial charge < -0.3 is 0 Å². The smallest absolute Gasteiger partial charge is 0.0361 e. The number of thiophene rings is 2. The molecular weight excluding hydrogens is 569 g/mol. The van der Waals surface area contributed by atoms with Crippen LogP contribution in [0.3, 0.4) is 0 Å². The highest BCUT2D eigenvalue weighted by molar-refractivity contribution is 7.26. The van der Waals surface area contributed by atoms with E-state index in [1.807, 2.05) is 22.7 Å². The van der Waals surface area contributed by atoms with Crippen molar-refractivity contribution >= 4 is 109 Å². The van der Waals surface area contributed by atoms with Gasteiger partial charge in [-0.1, -0.05) is 121 Å². The van der Waals surface area contributed by atoms with Crippen LogP contribution in [-0.2, 0) is 0 Å². The highest BCUT2D eigenvalue weighted by atomic mass is 32.1. The van der Waals surface area contributed by atoms with Crippen LogP contribution in [0.5, 0.6) is 0 Å². The molecule has 0 bridgehead atoms. The van der Waals surface area contributed by atoms with Crippen molar-refractivity contribution in [3.05, 3.63) is 156 Å². The van der Waals surface area contributed by atoms with Crippen molar-refractivity contribution < 1.29 is 0 Å². The van der Waals surface area contributed by atoms with E-state index < -0.39 is 0 Å². The molecular formula is C42H26S2. The summed E-state index contributed by atoms with van der Waals surface area (Å²) in [6.07, 6.45) is 8.90. The molecule has 9 aromatic rings. The minimum Gasteiger partial charge on any atom is -0.135 e. The minimum absolute atomic E-state index is 1.21. The molecule has 2 heterocycles. The van der Waals surface area contributed by atoms with Gasteiger partial charge in [-0.05, 0) is 80.2 Å². The Bertz CT molecular complexity index is 2430. The number of fused-ring (bicyclic) bond motifs is 9. The van der Waals surface area contributed by atoms with Crippen molar-refractivity contribution in [3.63, 3.8) is 0 Å². The van der Waals surface area contributed by atoms with E-state index in [9.17, 15) is 0 Å². The quantitative estimate of drug-likeness (QED) is 0.140. The summed E-state index contributed by atoms with van der Waals surface area (Å²) in [5.41, 5.74) is 4.88. The molecule has 9 rings (SSSR count). The van der Waals surface area contributed by atoms with Crippen molar-refractivity contribution in [1.29, 1.82) is 0 Å². The molecule has 0 nitrogen and oxygen atoms in total. The number of hydrogen-bond acceptors (Lipinski definition) is 2. The van der Waals surface area contributed by atoms with Crippen molar-refractivity contribution in [1.82, 2.24) is 0 Å². The van der Waals surface area contributed by atoms with Crippen LogP contribution < -0.4 is 0 Å². The molecule has 7 aromatic carbocycles. The first-order valence-electron chi connectivity index (χ1n) is 14.9. The van der Waals surface area contributed by atoms with Gasteiger partial charge in [0.25, 0.3) is 0 Å². The Hall–Kier alpha value is -5.02. The summed E-state index contributed by atoms with van der Waals surface area (Å²) in [7, 11) is 0. The zero-order valence-corrected chi connectivity index (χ0v) is 25.5. The van der Waals surface area contributed by atoms with Gasteiger partial charge in [0.05, 0.1) is 0 Å². The molecule has 0 saturated carbocycles. The summed E-state index contributed by atoms with van der Waals surface area (Å²) in [6, 6.07) is 49.0. The fourth-order valence-electron chi connectivity index (χ4n) is 6.39. The second kappa shape index (κ2) is 10.3. The largest absolute Gasteiger partial charge is 0.135 e. The Morgan fingerprint density at radius 2 is 0.659 bits per heavy atom. The summed E-state index contributed by atoms with van der Waals surface area (Å²) >= 11 is 3.73. The highest BCUT2D eigenvalue weighted by Crippen LogP contribution is 2.36. The van der Waals surface area contributed by atoms with Crippen molar-refractivity contribution in [2.75, 3.05) is 0 Å². The summed E-state index contributed by atoms with van der Waals surface area (Å²) in [5, 5.41) is 10.5. The molecule has 0 radical (unpaired) electrons. The molecule has 0 fully saturated rings. The second-order valence-corrected chi connectivity index (χ2v) is 13.6. The van der Waals surface area contributed by atoms with Gasteiger partial charge in [-0.25, -0.2) is 0 Å². The lowest BCUT2D eigenvalue weighted by Crippen LogP contribution is -1.81. The first kappa shape index (κ1) is 25.5. The van der Waals surface area contributed by atoms with Gasteiger partial charge in [0.1, 0.15) is 0 Å². The molecule has 0 N–H and O–H groups in total. The van der Waals surface area contributed by atoms with Crippen LogP contribution in [0.25, 0.3) is 86.2 Å². The van der Waals surface area contributed by atoms with Crippen molar-refractivity contribution in [3.8, 4) is 0 Å². The topological polar surface area (TPSA) is 0 Å². The zero-order valence-electron chi connectivity index (χ0n) is 23.8. The van der Waals surface area contributed by atoms with Gasteiger partial charge >= 0.3 is 0 Å². The monoisotopic (exact) mass is 594 g/mol. The Labute approximate surface area is 263 Å². The molecule has 0 aliphatic rings. The normalized spacial score (nSPS) is 12.4. The van der Waals surface area contributed by atoms with Crippen LogP contribution in [0.1, 0.15) is 22.3 Å². The molecule has 44 heavy (non-hydrogen) atoms. The fraction of sp³-hybridized carbons (Fsp3) is 0. The average molecular weight is 595 g/mol. The molecule has 2 heteroatoms. The van der Waals surface area contributed by atoms with Gasteiger partial charge in [-0.15, -0.1) is 22.7 Å². The number of benzene rings is 7. The number of rotatable bonds is 4. The molecule has 0 unspecified atom stereocenters. The van der Waals surface area contributed by atoms with Crippen LogP contribution in [0.4, 0.5) is 0 Å². The molecule has 206 valence electrons. The van der Waals surface area contributed by atoms with Crippen LogP contribution in [0.2, 0.25) is 0 Å². The molecule has 0 amide bonds. The van der Waals surface area contributed by atoms with E-state index >= 15 is 0 Å². The van der Waals surface area contributed by atoms with E-state index in [-0.39, 0.29) is 0 Å². The first-order chi connectivity index (χ1) is 21.7. The Balaban J connectivity index is 0.982. The lowest BCUT2D eigenvalue weighted by atomic mass is 9.98. The Morgan fingerprint density at radius 1 is 0.295 bits per heavy atom. The van der Waals surface area contributed by atoms with Crippen molar-refractivity contribution in [2.24, 2.45) is 0 Å². The average Bonchev–Trinajstić information content (AvgIpc) is 3.63. The van der Waals surface area contributed by atoms with E-state index in [2.05, 4.69) is 158 Å². The lowest BCUT2D eigenvalue weighted by Gasteiger charge is -2.06. The highest BCUT2D eigenvalue weighted by Gasteiger charge is 2.06. The van der Waals surface area contributed by atoms with Crippen LogP contribution >= 0.6 is 22.7 Å². The van der Waals surface area contributed by atoms with Crippen LogP contribution in [0.15, 0.2) is 133 Å². The van der Waals surface area contributed by atoms with E-state index in [1.165, 1.54) is 84.1 Å². The van der Waals surface area contributed by atoms with E-state index in [4.69, 9.17) is 0 Å².